The van der Waals surface area contributed by atoms with Gasteiger partial charge in [-0.3, -0.25) is 9.59 Å². The molecule has 0 aromatic heterocycles. The van der Waals surface area contributed by atoms with Crippen molar-refractivity contribution in [3.05, 3.63) is 59.7 Å². The molecule has 2 amide bonds. The third kappa shape index (κ3) is 6.81. The second kappa shape index (κ2) is 11.2. The lowest BCUT2D eigenvalue weighted by Gasteiger charge is -2.28. The van der Waals surface area contributed by atoms with Crippen LogP contribution in [-0.2, 0) is 19.1 Å². The number of rotatable bonds is 10. The van der Waals surface area contributed by atoms with Crippen LogP contribution in [0.3, 0.4) is 0 Å². The molecule has 3 rings (SSSR count). The van der Waals surface area contributed by atoms with Gasteiger partial charge in [-0.05, 0) is 27.7 Å². The molecule has 2 N–H and O–H groups in total. The van der Waals surface area contributed by atoms with E-state index < -0.39 is 18.0 Å². The lowest BCUT2D eigenvalue weighted by Crippen LogP contribution is -2.43. The minimum absolute atomic E-state index is 0.0185. The first-order valence-corrected chi connectivity index (χ1v) is 11.3. The number of carboxylic acids is 1. The van der Waals surface area contributed by atoms with Gasteiger partial charge in [0.15, 0.2) is 0 Å². The second-order valence-corrected chi connectivity index (χ2v) is 9.51. The summed E-state index contributed by atoms with van der Waals surface area (Å²) in [5.41, 5.74) is 4.36. The zero-order valence-corrected chi connectivity index (χ0v) is 19.9. The van der Waals surface area contributed by atoms with Crippen LogP contribution in [0.15, 0.2) is 48.5 Å². The van der Waals surface area contributed by atoms with E-state index in [2.05, 4.69) is 29.6 Å². The molecule has 0 aliphatic heterocycles. The highest BCUT2D eigenvalue weighted by atomic mass is 16.5. The molecule has 0 radical (unpaired) electrons. The quantitative estimate of drug-likeness (QED) is 0.517. The first-order valence-electron chi connectivity index (χ1n) is 11.3. The molecular weight excluding hydrogens is 436 g/mol. The van der Waals surface area contributed by atoms with Crippen LogP contribution in [0.1, 0.15) is 37.8 Å². The number of carbonyl (C=O) groups excluding carboxylic acids is 2. The van der Waals surface area contributed by atoms with Crippen molar-refractivity contribution in [2.45, 2.75) is 26.7 Å². The largest absolute Gasteiger partial charge is 0.480 e. The maximum absolute atomic E-state index is 12.3. The number of nitrogens with zero attached hydrogens (tertiary/aromatic N) is 1. The summed E-state index contributed by atoms with van der Waals surface area (Å²) in [7, 11) is 0. The van der Waals surface area contributed by atoms with E-state index in [9.17, 15) is 14.4 Å². The zero-order valence-electron chi connectivity index (χ0n) is 19.9. The maximum atomic E-state index is 12.3. The average Bonchev–Trinajstić information content (AvgIpc) is 3.09. The minimum Gasteiger partial charge on any atom is -0.480 e. The van der Waals surface area contributed by atoms with Crippen molar-refractivity contribution in [2.24, 2.45) is 5.41 Å². The number of amides is 2. The lowest BCUT2D eigenvalue weighted by atomic mass is 9.96. The molecule has 2 aromatic rings. The van der Waals surface area contributed by atoms with Gasteiger partial charge in [-0.1, -0.05) is 69.3 Å². The van der Waals surface area contributed by atoms with E-state index in [1.54, 1.807) is 0 Å². The molecule has 1 aliphatic rings. The molecular formula is C26H32N2O6. The molecule has 8 nitrogen and oxygen atoms in total. The van der Waals surface area contributed by atoms with Crippen molar-refractivity contribution in [1.82, 2.24) is 10.2 Å². The van der Waals surface area contributed by atoms with Gasteiger partial charge in [-0.25, -0.2) is 4.79 Å². The number of hydrogen-bond donors (Lipinski definition) is 2. The fraction of sp³-hybridized carbons (Fsp3) is 0.423. The highest BCUT2D eigenvalue weighted by molar-refractivity contribution is 5.82. The number of benzene rings is 2. The Labute approximate surface area is 199 Å². The molecule has 34 heavy (non-hydrogen) atoms. The van der Waals surface area contributed by atoms with Gasteiger partial charge in [0.25, 0.3) is 0 Å². The fourth-order valence-electron chi connectivity index (χ4n) is 4.09. The summed E-state index contributed by atoms with van der Waals surface area (Å²) < 4.78 is 10.8. The Morgan fingerprint density at radius 3 is 2.15 bits per heavy atom. The molecule has 2 aromatic carbocycles. The predicted molar refractivity (Wildman–Crippen MR) is 128 cm³/mol. The smallest absolute Gasteiger partial charge is 0.407 e. The lowest BCUT2D eigenvalue weighted by molar-refractivity contribution is -0.147. The molecule has 0 unspecified atom stereocenters. The van der Waals surface area contributed by atoms with E-state index in [0.717, 1.165) is 22.3 Å². The Hall–Kier alpha value is -3.39. The van der Waals surface area contributed by atoms with Gasteiger partial charge in [0.2, 0.25) is 5.91 Å². The van der Waals surface area contributed by atoms with E-state index in [-0.39, 0.29) is 44.2 Å². The number of carboxylic acid groups (broad SMARTS) is 1. The first-order chi connectivity index (χ1) is 16.2. The summed E-state index contributed by atoms with van der Waals surface area (Å²) >= 11 is 0. The molecule has 0 saturated carbocycles. The van der Waals surface area contributed by atoms with Crippen LogP contribution in [-0.4, -0.2) is 67.4 Å². The SMILES string of the molecule is CC(C)(C)CN(CC(=O)O)C(=O)COCCNC(=O)OCC1c2ccccc2-c2ccccc21. The van der Waals surface area contributed by atoms with Gasteiger partial charge in [0.05, 0.1) is 6.61 Å². The number of fused-ring (bicyclic) bond motifs is 3. The van der Waals surface area contributed by atoms with E-state index in [1.165, 1.54) is 4.90 Å². The number of carbonyl (C=O) groups is 3. The number of aliphatic carboxylic acids is 1. The van der Waals surface area contributed by atoms with Crippen molar-refractivity contribution in [3.63, 3.8) is 0 Å². The molecule has 0 spiro atoms. The minimum atomic E-state index is -1.07. The third-order valence-corrected chi connectivity index (χ3v) is 5.43. The Balaban J connectivity index is 1.41. The first kappa shape index (κ1) is 25.2. The van der Waals surface area contributed by atoms with Crippen LogP contribution in [0.4, 0.5) is 4.79 Å². The summed E-state index contributed by atoms with van der Waals surface area (Å²) in [4.78, 5) is 36.8. The zero-order chi connectivity index (χ0) is 24.7. The molecule has 182 valence electrons. The molecule has 0 saturated heterocycles. The van der Waals surface area contributed by atoms with Crippen LogP contribution in [0.25, 0.3) is 11.1 Å². The highest BCUT2D eigenvalue weighted by Gasteiger charge is 2.29. The second-order valence-electron chi connectivity index (χ2n) is 9.51. The van der Waals surface area contributed by atoms with Crippen molar-refractivity contribution in [1.29, 1.82) is 0 Å². The predicted octanol–water partition coefficient (Wildman–Crippen LogP) is 3.50. The Bertz CT molecular complexity index is 984. The molecule has 8 heteroatoms. The monoisotopic (exact) mass is 468 g/mol. The highest BCUT2D eigenvalue weighted by Crippen LogP contribution is 2.44. The van der Waals surface area contributed by atoms with Crippen LogP contribution in [0.5, 0.6) is 0 Å². The van der Waals surface area contributed by atoms with Gasteiger partial charge in [0, 0.05) is 19.0 Å². The van der Waals surface area contributed by atoms with E-state index >= 15 is 0 Å². The van der Waals surface area contributed by atoms with E-state index in [1.807, 2.05) is 45.0 Å². The molecule has 0 atom stereocenters. The molecule has 1 aliphatic carbocycles. The van der Waals surface area contributed by atoms with Crippen LogP contribution in [0, 0.1) is 5.41 Å². The number of alkyl carbamates (subject to hydrolysis) is 1. The van der Waals surface area contributed by atoms with Gasteiger partial charge >= 0.3 is 12.1 Å². The Morgan fingerprint density at radius 2 is 1.59 bits per heavy atom. The Morgan fingerprint density at radius 1 is 1.00 bits per heavy atom. The van der Waals surface area contributed by atoms with Crippen molar-refractivity contribution in [3.8, 4) is 11.1 Å². The standard InChI is InChI=1S/C26H32N2O6/c1-26(2,3)17-28(14-24(30)31)23(29)16-33-13-12-27-25(32)34-15-22-20-10-6-4-8-18(20)19-9-5-7-11-21(19)22/h4-11,22H,12-17H2,1-3H3,(H,27,32)(H,30,31). The summed E-state index contributed by atoms with van der Waals surface area (Å²) in [5.74, 6) is -1.50. The Kier molecular flexibility index (Phi) is 8.28. The summed E-state index contributed by atoms with van der Waals surface area (Å²) in [6.07, 6.45) is -0.558. The molecule has 0 bridgehead atoms. The third-order valence-electron chi connectivity index (χ3n) is 5.43. The number of hydrogen-bond acceptors (Lipinski definition) is 5. The summed E-state index contributed by atoms with van der Waals surface area (Å²) in [5, 5.41) is 11.7. The van der Waals surface area contributed by atoms with Crippen molar-refractivity contribution >= 4 is 18.0 Å². The maximum Gasteiger partial charge on any atom is 0.407 e. The van der Waals surface area contributed by atoms with Crippen LogP contribution in [0.2, 0.25) is 0 Å². The van der Waals surface area contributed by atoms with E-state index in [0.29, 0.717) is 6.54 Å². The fourth-order valence-corrected chi connectivity index (χ4v) is 4.09. The van der Waals surface area contributed by atoms with Gasteiger partial charge < -0.3 is 24.8 Å². The van der Waals surface area contributed by atoms with Crippen LogP contribution >= 0.6 is 0 Å². The topological polar surface area (TPSA) is 105 Å². The normalized spacial score (nSPS) is 12.6. The molecule has 0 fully saturated rings. The number of ether oxygens (including phenoxy) is 2. The van der Waals surface area contributed by atoms with Crippen molar-refractivity contribution < 1.29 is 29.0 Å². The van der Waals surface area contributed by atoms with Crippen LogP contribution < -0.4 is 5.32 Å². The number of nitrogens with one attached hydrogen (secondary N) is 1. The van der Waals surface area contributed by atoms with Gasteiger partial charge in [-0.15, -0.1) is 0 Å². The van der Waals surface area contributed by atoms with Crippen molar-refractivity contribution in [2.75, 3.05) is 39.5 Å². The summed E-state index contributed by atoms with van der Waals surface area (Å²) in [6.45, 7) is 5.94. The molecule has 0 heterocycles. The van der Waals surface area contributed by atoms with Gasteiger partial charge in [0.1, 0.15) is 19.8 Å². The van der Waals surface area contributed by atoms with Gasteiger partial charge in [-0.2, -0.15) is 0 Å². The van der Waals surface area contributed by atoms with E-state index in [4.69, 9.17) is 14.6 Å². The average molecular weight is 469 g/mol. The summed E-state index contributed by atoms with van der Waals surface area (Å²) in [6, 6.07) is 16.2.